The van der Waals surface area contributed by atoms with E-state index in [4.69, 9.17) is 17.3 Å². The lowest BCUT2D eigenvalue weighted by Crippen LogP contribution is -2.45. The largest absolute Gasteiger partial charge is 0.330 e. The highest BCUT2D eigenvalue weighted by molar-refractivity contribution is 6.30. The van der Waals surface area contributed by atoms with Crippen LogP contribution in [-0.2, 0) is 10.3 Å². The van der Waals surface area contributed by atoms with Gasteiger partial charge in [0.2, 0.25) is 0 Å². The van der Waals surface area contributed by atoms with Gasteiger partial charge in [0.25, 0.3) is 5.91 Å². The van der Waals surface area contributed by atoms with E-state index in [1.54, 1.807) is 24.3 Å². The van der Waals surface area contributed by atoms with Crippen LogP contribution in [0.1, 0.15) is 12.0 Å². The van der Waals surface area contributed by atoms with Crippen molar-refractivity contribution in [2.75, 3.05) is 13.6 Å². The molecule has 1 aliphatic rings. The van der Waals surface area contributed by atoms with Crippen molar-refractivity contribution in [3.05, 3.63) is 34.9 Å². The summed E-state index contributed by atoms with van der Waals surface area (Å²) in [6.07, 6.45) is 0.351. The number of amides is 3. The maximum atomic E-state index is 12.3. The molecule has 3 amide bonds. The van der Waals surface area contributed by atoms with Crippen molar-refractivity contribution < 1.29 is 9.59 Å². The van der Waals surface area contributed by atoms with Gasteiger partial charge >= 0.3 is 6.03 Å². The van der Waals surface area contributed by atoms with Gasteiger partial charge in [0.15, 0.2) is 0 Å². The topological polar surface area (TPSA) is 75.4 Å². The van der Waals surface area contributed by atoms with Crippen molar-refractivity contribution in [1.29, 1.82) is 0 Å². The summed E-state index contributed by atoms with van der Waals surface area (Å²) in [7, 11) is 1.45. The Labute approximate surface area is 110 Å². The van der Waals surface area contributed by atoms with Crippen LogP contribution in [0.3, 0.4) is 0 Å². The van der Waals surface area contributed by atoms with E-state index in [0.29, 0.717) is 23.6 Å². The van der Waals surface area contributed by atoms with E-state index in [-0.39, 0.29) is 5.91 Å². The molecular weight excluding hydrogens is 254 g/mol. The fourth-order valence-electron chi connectivity index (χ4n) is 2.16. The van der Waals surface area contributed by atoms with Crippen molar-refractivity contribution in [2.24, 2.45) is 5.73 Å². The molecule has 1 aliphatic heterocycles. The van der Waals surface area contributed by atoms with Gasteiger partial charge in [0, 0.05) is 12.1 Å². The number of hydrogen-bond acceptors (Lipinski definition) is 3. The van der Waals surface area contributed by atoms with E-state index in [1.165, 1.54) is 7.05 Å². The number of carbonyl (C=O) groups excluding carboxylic acids is 2. The molecule has 5 nitrogen and oxygen atoms in total. The molecule has 1 saturated heterocycles. The fourth-order valence-corrected chi connectivity index (χ4v) is 2.28. The molecule has 2 rings (SSSR count). The second-order valence-electron chi connectivity index (χ2n) is 4.25. The summed E-state index contributed by atoms with van der Waals surface area (Å²) >= 11 is 5.83. The summed E-state index contributed by atoms with van der Waals surface area (Å²) in [5, 5.41) is 3.29. The quantitative estimate of drug-likeness (QED) is 0.805. The lowest BCUT2D eigenvalue weighted by Gasteiger charge is -2.26. The summed E-state index contributed by atoms with van der Waals surface area (Å²) in [5.74, 6) is -0.291. The zero-order valence-electron chi connectivity index (χ0n) is 9.94. The molecule has 0 radical (unpaired) electrons. The molecule has 0 saturated carbocycles. The lowest BCUT2D eigenvalue weighted by atomic mass is 9.86. The van der Waals surface area contributed by atoms with Crippen molar-refractivity contribution in [3.63, 3.8) is 0 Å². The molecule has 1 unspecified atom stereocenters. The second-order valence-corrected chi connectivity index (χ2v) is 4.68. The van der Waals surface area contributed by atoms with Crippen LogP contribution >= 0.6 is 11.6 Å². The van der Waals surface area contributed by atoms with E-state index < -0.39 is 11.6 Å². The lowest BCUT2D eigenvalue weighted by molar-refractivity contribution is -0.130. The zero-order chi connectivity index (χ0) is 13.3. The smallest absolute Gasteiger partial charge is 0.325 e. The predicted octanol–water partition coefficient (Wildman–Crippen LogP) is 1.07. The first-order valence-electron chi connectivity index (χ1n) is 5.57. The molecule has 0 aliphatic carbocycles. The molecule has 1 aromatic carbocycles. The number of carbonyl (C=O) groups is 2. The van der Waals surface area contributed by atoms with E-state index in [9.17, 15) is 9.59 Å². The molecule has 1 aromatic rings. The Morgan fingerprint density at radius 1 is 1.33 bits per heavy atom. The van der Waals surface area contributed by atoms with Crippen LogP contribution in [0, 0.1) is 0 Å². The van der Waals surface area contributed by atoms with Gasteiger partial charge in [0.1, 0.15) is 5.54 Å². The number of likely N-dealkylation sites (N-methyl/N-ethyl adjacent to an activating group) is 1. The molecule has 6 heteroatoms. The third-order valence-corrected chi connectivity index (χ3v) is 3.40. The van der Waals surface area contributed by atoms with E-state index in [0.717, 1.165) is 4.90 Å². The third kappa shape index (κ3) is 1.85. The Morgan fingerprint density at radius 3 is 2.39 bits per heavy atom. The maximum absolute atomic E-state index is 12.3. The Bertz CT molecular complexity index is 489. The average Bonchev–Trinajstić information content (AvgIpc) is 2.56. The van der Waals surface area contributed by atoms with E-state index in [2.05, 4.69) is 5.32 Å². The number of hydrogen-bond donors (Lipinski definition) is 2. The summed E-state index contributed by atoms with van der Waals surface area (Å²) in [6, 6.07) is 6.42. The normalized spacial score (nSPS) is 23.4. The first-order chi connectivity index (χ1) is 8.51. The molecule has 1 heterocycles. The first kappa shape index (κ1) is 12.9. The summed E-state index contributed by atoms with van der Waals surface area (Å²) in [4.78, 5) is 25.0. The van der Waals surface area contributed by atoms with Crippen LogP contribution in [0.15, 0.2) is 24.3 Å². The monoisotopic (exact) mass is 267 g/mol. The molecule has 18 heavy (non-hydrogen) atoms. The van der Waals surface area contributed by atoms with Gasteiger partial charge in [-0.1, -0.05) is 23.7 Å². The SMILES string of the molecule is CN1C(=O)NC(CCN)(c2ccc(Cl)cc2)C1=O. The highest BCUT2D eigenvalue weighted by Gasteiger charge is 2.50. The summed E-state index contributed by atoms with van der Waals surface area (Å²) < 4.78 is 0. The molecule has 0 aromatic heterocycles. The summed E-state index contributed by atoms with van der Waals surface area (Å²) in [6.45, 7) is 0.294. The number of rotatable bonds is 3. The maximum Gasteiger partial charge on any atom is 0.325 e. The minimum absolute atomic E-state index is 0.291. The Morgan fingerprint density at radius 2 is 1.94 bits per heavy atom. The van der Waals surface area contributed by atoms with Gasteiger partial charge in [-0.15, -0.1) is 0 Å². The molecule has 1 fully saturated rings. The van der Waals surface area contributed by atoms with Crippen LogP contribution in [0.2, 0.25) is 5.02 Å². The van der Waals surface area contributed by atoms with E-state index >= 15 is 0 Å². The summed E-state index contributed by atoms with van der Waals surface area (Å²) in [5.41, 5.74) is 5.20. The minimum atomic E-state index is -1.06. The van der Waals surface area contributed by atoms with Crippen LogP contribution in [0.4, 0.5) is 4.79 Å². The number of imide groups is 1. The molecule has 1 atom stereocenters. The molecule has 0 spiro atoms. The van der Waals surface area contributed by atoms with Crippen molar-refractivity contribution in [1.82, 2.24) is 10.2 Å². The third-order valence-electron chi connectivity index (χ3n) is 3.15. The molecular formula is C12H14ClN3O2. The fraction of sp³-hybridized carbons (Fsp3) is 0.333. The Balaban J connectivity index is 2.48. The van der Waals surface area contributed by atoms with Crippen molar-refractivity contribution in [2.45, 2.75) is 12.0 Å². The Hall–Kier alpha value is -1.59. The van der Waals surface area contributed by atoms with E-state index in [1.807, 2.05) is 0 Å². The highest BCUT2D eigenvalue weighted by atomic mass is 35.5. The molecule has 0 bridgehead atoms. The van der Waals surface area contributed by atoms with Gasteiger partial charge in [0.05, 0.1) is 0 Å². The van der Waals surface area contributed by atoms with Crippen molar-refractivity contribution in [3.8, 4) is 0 Å². The van der Waals surface area contributed by atoms with Crippen LogP contribution in [-0.4, -0.2) is 30.4 Å². The number of benzene rings is 1. The number of nitrogens with one attached hydrogen (secondary N) is 1. The molecule has 96 valence electrons. The van der Waals surface area contributed by atoms with Crippen LogP contribution in [0.25, 0.3) is 0 Å². The van der Waals surface area contributed by atoms with Gasteiger partial charge < -0.3 is 11.1 Å². The van der Waals surface area contributed by atoms with Gasteiger partial charge in [-0.25, -0.2) is 4.79 Å². The number of urea groups is 1. The minimum Gasteiger partial charge on any atom is -0.330 e. The molecule has 3 N–H and O–H groups in total. The predicted molar refractivity (Wildman–Crippen MR) is 68.1 cm³/mol. The van der Waals surface area contributed by atoms with Gasteiger partial charge in [-0.05, 0) is 30.7 Å². The first-order valence-corrected chi connectivity index (χ1v) is 5.95. The van der Waals surface area contributed by atoms with Crippen molar-refractivity contribution >= 4 is 23.5 Å². The van der Waals surface area contributed by atoms with Crippen LogP contribution in [0.5, 0.6) is 0 Å². The Kier molecular flexibility index (Phi) is 3.28. The highest BCUT2D eigenvalue weighted by Crippen LogP contribution is 2.32. The van der Waals surface area contributed by atoms with Gasteiger partial charge in [-0.2, -0.15) is 0 Å². The zero-order valence-corrected chi connectivity index (χ0v) is 10.7. The number of halogens is 1. The number of nitrogens with zero attached hydrogens (tertiary/aromatic N) is 1. The van der Waals surface area contributed by atoms with Crippen LogP contribution < -0.4 is 11.1 Å². The number of nitrogens with two attached hydrogens (primary N) is 1. The average molecular weight is 268 g/mol. The standard InChI is InChI=1S/C12H14ClN3O2/c1-16-10(17)12(6-7-14,15-11(16)18)8-2-4-9(13)5-3-8/h2-5H,6-7,14H2,1H3,(H,15,18). The second kappa shape index (κ2) is 4.59. The van der Waals surface area contributed by atoms with Gasteiger partial charge in [-0.3, -0.25) is 9.69 Å².